The smallest absolute Gasteiger partial charge is 0.150 e. The predicted octanol–water partition coefficient (Wildman–Crippen LogP) is 2.15. The lowest BCUT2D eigenvalue weighted by molar-refractivity contribution is 0.112. The van der Waals surface area contributed by atoms with E-state index in [1.54, 1.807) is 24.3 Å². The number of benzene rings is 1. The van der Waals surface area contributed by atoms with Crippen LogP contribution < -0.4 is 0 Å². The first-order valence-corrected chi connectivity index (χ1v) is 2.91. The van der Waals surface area contributed by atoms with Crippen LogP contribution in [0.25, 0.3) is 0 Å². The summed E-state index contributed by atoms with van der Waals surface area (Å²) < 4.78 is 0. The third-order valence-corrected chi connectivity index (χ3v) is 1.26. The number of carbonyl (C=O) groups excluding carboxylic acids is 1. The quantitative estimate of drug-likeness (QED) is 0.549. The van der Waals surface area contributed by atoms with Crippen molar-refractivity contribution in [1.29, 1.82) is 0 Å². The first-order chi connectivity index (χ1) is 4.33. The molecule has 0 aromatic heterocycles. The molecule has 0 aliphatic carbocycles. The summed E-state index contributed by atoms with van der Waals surface area (Å²) in [6, 6.07) is 6.72. The fourth-order valence-electron chi connectivity index (χ4n) is 0.541. The highest BCUT2D eigenvalue weighted by molar-refractivity contribution is 6.30. The molecular formula is C7H5ClO. The van der Waals surface area contributed by atoms with E-state index in [1.165, 1.54) is 0 Å². The third-order valence-electron chi connectivity index (χ3n) is 1.01. The van der Waals surface area contributed by atoms with Gasteiger partial charge in [-0.15, -0.1) is 0 Å². The molecule has 0 fully saturated rings. The van der Waals surface area contributed by atoms with Gasteiger partial charge in [-0.2, -0.15) is 0 Å². The van der Waals surface area contributed by atoms with Gasteiger partial charge < -0.3 is 0 Å². The molecule has 1 rings (SSSR count). The van der Waals surface area contributed by atoms with Crippen molar-refractivity contribution in [2.75, 3.05) is 0 Å². The van der Waals surface area contributed by atoms with Crippen LogP contribution in [0.2, 0.25) is 5.02 Å². The van der Waals surface area contributed by atoms with Crippen LogP contribution >= 0.6 is 11.6 Å². The van der Waals surface area contributed by atoms with Crippen LogP contribution in [0, 0.1) is 0 Å². The highest BCUT2D eigenvalue weighted by Gasteiger charge is 1.86. The molecule has 0 aliphatic heterocycles. The van der Waals surface area contributed by atoms with Gasteiger partial charge in [-0.3, -0.25) is 4.79 Å². The van der Waals surface area contributed by atoms with E-state index in [0.717, 1.165) is 6.29 Å². The number of hydrogen-bond acceptors (Lipinski definition) is 1. The minimum atomic E-state index is 0.652. The molecule has 46 valence electrons. The maximum atomic E-state index is 10.1. The first kappa shape index (κ1) is 6.30. The Morgan fingerprint density at radius 2 is 1.78 bits per heavy atom. The Balaban J connectivity index is 3.01. The fourth-order valence-corrected chi connectivity index (χ4v) is 0.667. The fraction of sp³-hybridized carbons (Fsp3) is 0. The van der Waals surface area contributed by atoms with Gasteiger partial charge in [0, 0.05) is 10.6 Å². The highest BCUT2D eigenvalue weighted by atomic mass is 35.5. The van der Waals surface area contributed by atoms with Crippen LogP contribution in [0.4, 0.5) is 0 Å². The Morgan fingerprint density at radius 1 is 1.22 bits per heavy atom. The molecule has 0 aliphatic rings. The topological polar surface area (TPSA) is 17.1 Å². The number of hydrogen-bond donors (Lipinski definition) is 0. The summed E-state index contributed by atoms with van der Waals surface area (Å²) in [6.45, 7) is 0. The molecule has 1 nitrogen and oxygen atoms in total. The van der Waals surface area contributed by atoms with Crippen molar-refractivity contribution in [2.45, 2.75) is 0 Å². The van der Waals surface area contributed by atoms with Crippen molar-refractivity contribution in [3.63, 3.8) is 0 Å². The van der Waals surface area contributed by atoms with Crippen molar-refractivity contribution in [1.82, 2.24) is 0 Å². The Labute approximate surface area is 58.3 Å². The molecule has 0 unspecified atom stereocenters. The molecule has 2 heteroatoms. The van der Waals surface area contributed by atoms with Crippen LogP contribution in [0.1, 0.15) is 10.4 Å². The summed E-state index contributed by atoms with van der Waals surface area (Å²) in [5.41, 5.74) is 0.652. The van der Waals surface area contributed by atoms with Crippen LogP contribution in [0.15, 0.2) is 24.3 Å². The van der Waals surface area contributed by atoms with Crippen LogP contribution in [0.3, 0.4) is 0 Å². The normalized spacial score (nSPS) is 9.00. The Morgan fingerprint density at radius 3 is 2.22 bits per heavy atom. The van der Waals surface area contributed by atoms with Gasteiger partial charge in [0.15, 0.2) is 0 Å². The van der Waals surface area contributed by atoms with Crippen LogP contribution in [-0.4, -0.2) is 6.29 Å². The van der Waals surface area contributed by atoms with E-state index in [1.807, 2.05) is 0 Å². The molecule has 1 aromatic carbocycles. The molecule has 0 radical (unpaired) electrons. The van der Waals surface area contributed by atoms with Gasteiger partial charge in [0.2, 0.25) is 0 Å². The summed E-state index contributed by atoms with van der Waals surface area (Å²) in [6.07, 6.45) is 0.788. The van der Waals surface area contributed by atoms with Crippen molar-refractivity contribution in [3.05, 3.63) is 34.9 Å². The van der Waals surface area contributed by atoms with Gasteiger partial charge in [0.1, 0.15) is 6.29 Å². The zero-order valence-corrected chi connectivity index (χ0v) is 5.43. The molecular weight excluding hydrogens is 138 g/mol. The molecule has 0 amide bonds. The van der Waals surface area contributed by atoms with Gasteiger partial charge >= 0.3 is 0 Å². The summed E-state index contributed by atoms with van der Waals surface area (Å²) in [5, 5.41) is 0.653. The standard InChI is InChI=1S/C7H5ClO/c8-7-3-1-6(5-9)2-4-7/h1-5H/i5+2. The van der Waals surface area contributed by atoms with Gasteiger partial charge in [-0.1, -0.05) is 23.7 Å². The number of carbonyl (C=O) groups is 1. The summed E-state index contributed by atoms with van der Waals surface area (Å²) in [4.78, 5) is 10.1. The minimum Gasteiger partial charge on any atom is -0.298 e. The zero-order chi connectivity index (χ0) is 6.69. The van der Waals surface area contributed by atoms with E-state index < -0.39 is 0 Å². The van der Waals surface area contributed by atoms with E-state index in [9.17, 15) is 4.79 Å². The average Bonchev–Trinajstić information content (AvgIpc) is 1.90. The number of halogens is 1. The van der Waals surface area contributed by atoms with Gasteiger partial charge in [-0.05, 0) is 12.1 Å². The number of rotatable bonds is 1. The molecule has 0 saturated carbocycles. The molecule has 0 heterocycles. The SMILES string of the molecule is O=[14CH]c1ccc(Cl)cc1. The lowest BCUT2D eigenvalue weighted by Gasteiger charge is -1.87. The van der Waals surface area contributed by atoms with Crippen molar-refractivity contribution >= 4 is 17.9 Å². The molecule has 0 bridgehead atoms. The zero-order valence-electron chi connectivity index (χ0n) is 4.67. The van der Waals surface area contributed by atoms with Crippen molar-refractivity contribution < 1.29 is 4.79 Å². The second-order valence-corrected chi connectivity index (χ2v) is 2.11. The Kier molecular flexibility index (Phi) is 1.85. The number of aldehydes is 1. The van der Waals surface area contributed by atoms with Crippen molar-refractivity contribution in [3.8, 4) is 0 Å². The maximum absolute atomic E-state index is 10.1. The van der Waals surface area contributed by atoms with Crippen LogP contribution in [-0.2, 0) is 0 Å². The summed E-state index contributed by atoms with van der Waals surface area (Å²) >= 11 is 5.55. The Bertz CT molecular complexity index is 203. The monoisotopic (exact) mass is 142 g/mol. The first-order valence-electron chi connectivity index (χ1n) is 2.53. The maximum Gasteiger partial charge on any atom is 0.150 e. The van der Waals surface area contributed by atoms with E-state index >= 15 is 0 Å². The Hall–Kier alpha value is -0.820. The second kappa shape index (κ2) is 2.65. The molecule has 0 atom stereocenters. The average molecular weight is 143 g/mol. The minimum absolute atomic E-state index is 0.652. The third kappa shape index (κ3) is 1.54. The van der Waals surface area contributed by atoms with E-state index in [4.69, 9.17) is 11.6 Å². The largest absolute Gasteiger partial charge is 0.298 e. The van der Waals surface area contributed by atoms with Crippen LogP contribution in [0.5, 0.6) is 0 Å². The molecule has 9 heavy (non-hydrogen) atoms. The van der Waals surface area contributed by atoms with Crippen molar-refractivity contribution in [2.24, 2.45) is 0 Å². The predicted molar refractivity (Wildman–Crippen MR) is 36.8 cm³/mol. The summed E-state index contributed by atoms with van der Waals surface area (Å²) in [5.74, 6) is 0. The van der Waals surface area contributed by atoms with E-state index in [-0.39, 0.29) is 0 Å². The second-order valence-electron chi connectivity index (χ2n) is 1.67. The molecule has 0 spiro atoms. The lowest BCUT2D eigenvalue weighted by Crippen LogP contribution is -1.74. The van der Waals surface area contributed by atoms with Gasteiger partial charge in [0.25, 0.3) is 0 Å². The molecule has 1 aromatic rings. The lowest BCUT2D eigenvalue weighted by atomic mass is 10.3. The molecule has 0 saturated heterocycles. The van der Waals surface area contributed by atoms with Gasteiger partial charge in [-0.25, -0.2) is 0 Å². The van der Waals surface area contributed by atoms with E-state index in [0.29, 0.717) is 10.6 Å². The summed E-state index contributed by atoms with van der Waals surface area (Å²) in [7, 11) is 0. The molecule has 0 N–H and O–H groups in total. The van der Waals surface area contributed by atoms with E-state index in [2.05, 4.69) is 0 Å². The highest BCUT2D eigenvalue weighted by Crippen LogP contribution is 2.07. The van der Waals surface area contributed by atoms with Gasteiger partial charge in [0.05, 0.1) is 0 Å².